The molecular formula is C20H23ClN6O3. The number of ether oxygens (including phenoxy) is 2. The van der Waals surface area contributed by atoms with Gasteiger partial charge in [-0.2, -0.15) is 9.97 Å². The van der Waals surface area contributed by atoms with Crippen molar-refractivity contribution in [2.75, 3.05) is 25.3 Å². The van der Waals surface area contributed by atoms with Crippen molar-refractivity contribution in [3.8, 4) is 11.5 Å². The third-order valence-electron chi connectivity index (χ3n) is 5.60. The Hall–Kier alpha value is -3.07. The zero-order valence-electron chi connectivity index (χ0n) is 16.8. The Balaban J connectivity index is 1.75. The number of amides is 1. The summed E-state index contributed by atoms with van der Waals surface area (Å²) in [5.41, 5.74) is 6.61. The summed E-state index contributed by atoms with van der Waals surface area (Å²) in [6, 6.07) is 5.26. The van der Waals surface area contributed by atoms with Gasteiger partial charge in [-0.3, -0.25) is 9.36 Å². The summed E-state index contributed by atoms with van der Waals surface area (Å²) in [5, 5.41) is 3.05. The molecule has 10 heteroatoms. The lowest BCUT2D eigenvalue weighted by atomic mass is 9.80. The molecule has 1 aromatic carbocycles. The SMILES string of the molecule is COc1ccc(NC(=O)C2(n3cnc4c(N)nc(Cl)nc43)CCCCC2)cc1OC. The Morgan fingerprint density at radius 2 is 1.90 bits per heavy atom. The summed E-state index contributed by atoms with van der Waals surface area (Å²) < 4.78 is 12.4. The fraction of sp³-hybridized carbons (Fsp3) is 0.400. The molecule has 0 spiro atoms. The minimum Gasteiger partial charge on any atom is -0.493 e. The van der Waals surface area contributed by atoms with Crippen LogP contribution in [0.3, 0.4) is 0 Å². The molecule has 0 saturated heterocycles. The lowest BCUT2D eigenvalue weighted by molar-refractivity contribution is -0.126. The predicted molar refractivity (Wildman–Crippen MR) is 114 cm³/mol. The van der Waals surface area contributed by atoms with Gasteiger partial charge in [-0.1, -0.05) is 19.3 Å². The summed E-state index contributed by atoms with van der Waals surface area (Å²) in [6.07, 6.45) is 5.79. The summed E-state index contributed by atoms with van der Waals surface area (Å²) in [5.74, 6) is 1.16. The Morgan fingerprint density at radius 1 is 1.17 bits per heavy atom. The molecule has 1 saturated carbocycles. The Labute approximate surface area is 178 Å². The number of fused-ring (bicyclic) bond motifs is 1. The van der Waals surface area contributed by atoms with Gasteiger partial charge >= 0.3 is 0 Å². The molecule has 0 radical (unpaired) electrons. The van der Waals surface area contributed by atoms with E-state index in [2.05, 4.69) is 20.3 Å². The number of benzene rings is 1. The van der Waals surface area contributed by atoms with Gasteiger partial charge in [-0.05, 0) is 36.6 Å². The summed E-state index contributed by atoms with van der Waals surface area (Å²) >= 11 is 6.04. The van der Waals surface area contributed by atoms with Crippen molar-refractivity contribution in [2.24, 2.45) is 0 Å². The lowest BCUT2D eigenvalue weighted by Gasteiger charge is -2.37. The molecule has 1 aliphatic carbocycles. The number of hydrogen-bond acceptors (Lipinski definition) is 7. The van der Waals surface area contributed by atoms with Gasteiger partial charge < -0.3 is 20.5 Å². The molecule has 3 N–H and O–H groups in total. The van der Waals surface area contributed by atoms with Crippen LogP contribution in [0.1, 0.15) is 32.1 Å². The third kappa shape index (κ3) is 3.39. The molecule has 2 aromatic heterocycles. The molecule has 0 atom stereocenters. The first-order chi connectivity index (χ1) is 14.5. The van der Waals surface area contributed by atoms with Crippen LogP contribution in [0.25, 0.3) is 11.2 Å². The fourth-order valence-electron chi connectivity index (χ4n) is 4.08. The number of halogens is 1. The van der Waals surface area contributed by atoms with E-state index in [1.165, 1.54) is 0 Å². The smallest absolute Gasteiger partial charge is 0.250 e. The topological polar surface area (TPSA) is 117 Å². The predicted octanol–water partition coefficient (Wildman–Crippen LogP) is 3.38. The number of carbonyl (C=O) groups is 1. The largest absolute Gasteiger partial charge is 0.493 e. The summed E-state index contributed by atoms with van der Waals surface area (Å²) in [6.45, 7) is 0. The average Bonchev–Trinajstić information content (AvgIpc) is 3.18. The highest BCUT2D eigenvalue weighted by atomic mass is 35.5. The zero-order chi connectivity index (χ0) is 21.3. The Morgan fingerprint density at radius 3 is 2.60 bits per heavy atom. The van der Waals surface area contributed by atoms with Crippen molar-refractivity contribution in [1.82, 2.24) is 19.5 Å². The van der Waals surface area contributed by atoms with E-state index in [0.29, 0.717) is 41.2 Å². The second kappa shape index (κ2) is 7.98. The van der Waals surface area contributed by atoms with Crippen molar-refractivity contribution in [3.05, 3.63) is 29.8 Å². The molecule has 158 valence electrons. The van der Waals surface area contributed by atoms with E-state index in [-0.39, 0.29) is 17.0 Å². The maximum Gasteiger partial charge on any atom is 0.250 e. The number of nitrogens with two attached hydrogens (primary N) is 1. The number of hydrogen-bond donors (Lipinski definition) is 2. The monoisotopic (exact) mass is 430 g/mol. The molecule has 1 fully saturated rings. The third-order valence-corrected chi connectivity index (χ3v) is 5.77. The Kier molecular flexibility index (Phi) is 5.38. The number of aromatic nitrogens is 4. The van der Waals surface area contributed by atoms with Gasteiger partial charge in [0.1, 0.15) is 11.1 Å². The molecule has 0 bridgehead atoms. The maximum absolute atomic E-state index is 13.6. The van der Waals surface area contributed by atoms with Crippen LogP contribution in [0.5, 0.6) is 11.5 Å². The second-order valence-corrected chi connectivity index (χ2v) is 7.62. The molecule has 2 heterocycles. The number of imidazole rings is 1. The van der Waals surface area contributed by atoms with E-state index >= 15 is 0 Å². The molecule has 1 amide bonds. The van der Waals surface area contributed by atoms with E-state index in [9.17, 15) is 4.79 Å². The van der Waals surface area contributed by atoms with Crippen molar-refractivity contribution < 1.29 is 14.3 Å². The number of anilines is 2. The highest BCUT2D eigenvalue weighted by Crippen LogP contribution is 2.39. The van der Waals surface area contributed by atoms with Crippen molar-refractivity contribution in [1.29, 1.82) is 0 Å². The van der Waals surface area contributed by atoms with Crippen LogP contribution < -0.4 is 20.5 Å². The number of nitrogens with zero attached hydrogens (tertiary/aromatic N) is 4. The zero-order valence-corrected chi connectivity index (χ0v) is 17.6. The highest BCUT2D eigenvalue weighted by Gasteiger charge is 2.43. The molecular weight excluding hydrogens is 408 g/mol. The molecule has 1 aliphatic rings. The van der Waals surface area contributed by atoms with E-state index in [4.69, 9.17) is 26.8 Å². The van der Waals surface area contributed by atoms with E-state index < -0.39 is 5.54 Å². The van der Waals surface area contributed by atoms with Crippen LogP contribution in [0.2, 0.25) is 5.28 Å². The molecule has 0 aliphatic heterocycles. The number of nitrogen functional groups attached to an aromatic ring is 1. The first kappa shape index (κ1) is 20.2. The maximum atomic E-state index is 13.6. The second-order valence-electron chi connectivity index (χ2n) is 7.28. The minimum absolute atomic E-state index is 0.0213. The van der Waals surface area contributed by atoms with Gasteiger partial charge in [0.15, 0.2) is 23.0 Å². The van der Waals surface area contributed by atoms with Gasteiger partial charge in [0.25, 0.3) is 5.91 Å². The minimum atomic E-state index is -0.857. The number of carbonyl (C=O) groups excluding carboxylic acids is 1. The number of nitrogens with one attached hydrogen (secondary N) is 1. The quantitative estimate of drug-likeness (QED) is 0.596. The van der Waals surface area contributed by atoms with Crippen molar-refractivity contribution in [3.63, 3.8) is 0 Å². The highest BCUT2D eigenvalue weighted by molar-refractivity contribution is 6.28. The molecule has 9 nitrogen and oxygen atoms in total. The van der Waals surface area contributed by atoms with E-state index in [0.717, 1.165) is 19.3 Å². The van der Waals surface area contributed by atoms with Gasteiger partial charge in [0, 0.05) is 11.8 Å². The standard InChI is InChI=1S/C20H23ClN6O3/c1-29-13-7-6-12(10-14(13)30-2)24-18(28)20(8-4-3-5-9-20)27-11-23-15-16(22)25-19(21)26-17(15)27/h6-7,10-11H,3-5,8-9H2,1-2H3,(H,24,28)(H2,22,25,26). The van der Waals surface area contributed by atoms with E-state index in [1.807, 2.05) is 0 Å². The van der Waals surface area contributed by atoms with Gasteiger partial charge in [-0.25, -0.2) is 4.98 Å². The van der Waals surface area contributed by atoms with Crippen LogP contribution in [0.4, 0.5) is 11.5 Å². The number of rotatable bonds is 5. The first-order valence-corrected chi connectivity index (χ1v) is 10.1. The average molecular weight is 431 g/mol. The van der Waals surface area contributed by atoms with Crippen LogP contribution in [0.15, 0.2) is 24.5 Å². The van der Waals surface area contributed by atoms with Crippen LogP contribution in [-0.2, 0) is 10.3 Å². The molecule has 0 unspecified atom stereocenters. The summed E-state index contributed by atoms with van der Waals surface area (Å²) in [4.78, 5) is 26.2. The normalized spacial score (nSPS) is 15.7. The van der Waals surface area contributed by atoms with E-state index in [1.54, 1.807) is 43.3 Å². The van der Waals surface area contributed by atoms with Crippen LogP contribution in [-0.4, -0.2) is 39.6 Å². The van der Waals surface area contributed by atoms with Crippen LogP contribution >= 0.6 is 11.6 Å². The van der Waals surface area contributed by atoms with Gasteiger partial charge in [0.05, 0.1) is 20.5 Å². The van der Waals surface area contributed by atoms with Gasteiger partial charge in [-0.15, -0.1) is 0 Å². The molecule has 4 rings (SSSR count). The number of methoxy groups -OCH3 is 2. The van der Waals surface area contributed by atoms with Crippen molar-refractivity contribution in [2.45, 2.75) is 37.6 Å². The van der Waals surface area contributed by atoms with Gasteiger partial charge in [0.2, 0.25) is 5.28 Å². The first-order valence-electron chi connectivity index (χ1n) is 9.68. The fourth-order valence-corrected chi connectivity index (χ4v) is 4.25. The van der Waals surface area contributed by atoms with Crippen molar-refractivity contribution >= 4 is 40.2 Å². The Bertz CT molecular complexity index is 1090. The lowest BCUT2D eigenvalue weighted by Crippen LogP contribution is -2.46. The summed E-state index contributed by atoms with van der Waals surface area (Å²) in [7, 11) is 3.12. The molecule has 30 heavy (non-hydrogen) atoms. The van der Waals surface area contributed by atoms with Crippen LogP contribution in [0, 0.1) is 0 Å². The molecule has 3 aromatic rings.